The summed E-state index contributed by atoms with van der Waals surface area (Å²) in [6.07, 6.45) is 0.0890. The van der Waals surface area contributed by atoms with Gasteiger partial charge in [-0.2, -0.15) is 11.3 Å². The zero-order chi connectivity index (χ0) is 11.0. The number of fused-ring (bicyclic) bond motifs is 1. The molecule has 0 amide bonds. The van der Waals surface area contributed by atoms with Crippen LogP contribution in [0.5, 0.6) is 0 Å². The van der Waals surface area contributed by atoms with Gasteiger partial charge in [0.25, 0.3) is 0 Å². The lowest BCUT2D eigenvalue weighted by atomic mass is 10.1. The van der Waals surface area contributed by atoms with E-state index in [1.54, 1.807) is 11.3 Å². The summed E-state index contributed by atoms with van der Waals surface area (Å²) in [6.45, 7) is 1.68. The molecule has 5 nitrogen and oxygen atoms in total. The van der Waals surface area contributed by atoms with Gasteiger partial charge in [-0.15, -0.1) is 5.10 Å². The van der Waals surface area contributed by atoms with Gasteiger partial charge in [-0.3, -0.25) is 0 Å². The van der Waals surface area contributed by atoms with Crippen molar-refractivity contribution in [3.8, 4) is 0 Å². The van der Waals surface area contributed by atoms with Crippen molar-refractivity contribution in [1.29, 1.82) is 0 Å². The minimum Gasteiger partial charge on any atom is -0.365 e. The molecule has 16 heavy (non-hydrogen) atoms. The average molecular weight is 236 g/mol. The normalized spacial score (nSPS) is 19.7. The van der Waals surface area contributed by atoms with E-state index >= 15 is 0 Å². The van der Waals surface area contributed by atoms with Gasteiger partial charge >= 0.3 is 0 Å². The third-order valence-corrected chi connectivity index (χ3v) is 3.49. The summed E-state index contributed by atoms with van der Waals surface area (Å²) in [6, 6.07) is 2.08. The van der Waals surface area contributed by atoms with Crippen LogP contribution in [0.4, 0.5) is 0 Å². The van der Waals surface area contributed by atoms with Crippen molar-refractivity contribution >= 4 is 11.3 Å². The molecule has 0 saturated carbocycles. The zero-order valence-corrected chi connectivity index (χ0v) is 9.48. The molecule has 0 aromatic carbocycles. The predicted molar refractivity (Wildman–Crippen MR) is 59.8 cm³/mol. The number of hydrogen-bond donors (Lipinski definition) is 1. The van der Waals surface area contributed by atoms with Gasteiger partial charge in [-0.05, 0) is 22.4 Å². The highest BCUT2D eigenvalue weighted by Crippen LogP contribution is 2.27. The number of nitrogens with zero attached hydrogens (tertiary/aromatic N) is 3. The highest BCUT2D eigenvalue weighted by Gasteiger charge is 2.24. The molecule has 0 radical (unpaired) electrons. The molecule has 1 aliphatic rings. The molecule has 1 atom stereocenters. The third-order valence-electron chi connectivity index (χ3n) is 2.79. The van der Waals surface area contributed by atoms with Crippen LogP contribution < -0.4 is 5.73 Å². The Labute approximate surface area is 96.8 Å². The lowest BCUT2D eigenvalue weighted by molar-refractivity contribution is -0.00154. The summed E-state index contributed by atoms with van der Waals surface area (Å²) in [7, 11) is 0. The van der Waals surface area contributed by atoms with E-state index in [0.717, 1.165) is 17.9 Å². The Balaban J connectivity index is 1.87. The number of hydrogen-bond acceptors (Lipinski definition) is 5. The van der Waals surface area contributed by atoms with Crippen LogP contribution in [0.15, 0.2) is 16.8 Å². The van der Waals surface area contributed by atoms with E-state index in [0.29, 0.717) is 13.2 Å². The number of nitrogens with two attached hydrogens (primary N) is 1. The van der Waals surface area contributed by atoms with Gasteiger partial charge in [0.2, 0.25) is 0 Å². The first-order valence-corrected chi connectivity index (χ1v) is 6.07. The molecule has 0 spiro atoms. The molecule has 84 valence electrons. The lowest BCUT2D eigenvalue weighted by Crippen LogP contribution is -2.22. The molecule has 3 rings (SSSR count). The van der Waals surface area contributed by atoms with Crippen molar-refractivity contribution in [2.75, 3.05) is 0 Å². The fourth-order valence-corrected chi connectivity index (χ4v) is 2.58. The van der Waals surface area contributed by atoms with Crippen LogP contribution in [-0.4, -0.2) is 15.0 Å². The second-order valence-corrected chi connectivity index (χ2v) is 4.51. The monoisotopic (exact) mass is 236 g/mol. The van der Waals surface area contributed by atoms with Crippen molar-refractivity contribution < 1.29 is 4.74 Å². The quantitative estimate of drug-likeness (QED) is 0.847. The number of thiophene rings is 1. The largest absolute Gasteiger partial charge is 0.365 e. The SMILES string of the molecule is NCc1nnn2c1CO[C@H](c1ccsc1)C2. The Kier molecular flexibility index (Phi) is 2.47. The van der Waals surface area contributed by atoms with E-state index in [1.165, 1.54) is 5.56 Å². The van der Waals surface area contributed by atoms with Gasteiger partial charge in [0.1, 0.15) is 11.8 Å². The van der Waals surface area contributed by atoms with Crippen molar-refractivity contribution in [3.05, 3.63) is 33.8 Å². The first kappa shape index (κ1) is 9.95. The molecule has 2 N–H and O–H groups in total. The molecule has 0 fully saturated rings. The summed E-state index contributed by atoms with van der Waals surface area (Å²) in [4.78, 5) is 0. The van der Waals surface area contributed by atoms with Crippen LogP contribution in [-0.2, 0) is 24.4 Å². The summed E-state index contributed by atoms with van der Waals surface area (Å²) >= 11 is 1.68. The van der Waals surface area contributed by atoms with Crippen LogP contribution in [0.25, 0.3) is 0 Å². The van der Waals surface area contributed by atoms with Crippen LogP contribution in [0, 0.1) is 0 Å². The molecule has 3 heterocycles. The Morgan fingerprint density at radius 3 is 3.31 bits per heavy atom. The van der Waals surface area contributed by atoms with E-state index in [4.69, 9.17) is 10.5 Å². The second kappa shape index (κ2) is 3.97. The first-order chi connectivity index (χ1) is 7.88. The Hall–Kier alpha value is -1.24. The van der Waals surface area contributed by atoms with E-state index < -0.39 is 0 Å². The Morgan fingerprint density at radius 1 is 1.62 bits per heavy atom. The molecule has 0 bridgehead atoms. The van der Waals surface area contributed by atoms with E-state index in [9.17, 15) is 0 Å². The van der Waals surface area contributed by atoms with Crippen molar-refractivity contribution in [3.63, 3.8) is 0 Å². The maximum atomic E-state index is 5.80. The molecular weight excluding hydrogens is 224 g/mol. The van der Waals surface area contributed by atoms with Crippen LogP contribution in [0.3, 0.4) is 0 Å². The first-order valence-electron chi connectivity index (χ1n) is 5.13. The smallest absolute Gasteiger partial charge is 0.103 e. The maximum absolute atomic E-state index is 5.80. The van der Waals surface area contributed by atoms with Crippen molar-refractivity contribution in [1.82, 2.24) is 15.0 Å². The molecular formula is C10H12N4OS. The number of ether oxygens (including phenoxy) is 1. The number of aromatic nitrogens is 3. The van der Waals surface area contributed by atoms with Crippen molar-refractivity contribution in [2.45, 2.75) is 25.8 Å². The third kappa shape index (κ3) is 1.55. The van der Waals surface area contributed by atoms with E-state index in [-0.39, 0.29) is 6.10 Å². The van der Waals surface area contributed by atoms with Gasteiger partial charge in [-0.25, -0.2) is 4.68 Å². The van der Waals surface area contributed by atoms with Crippen LogP contribution in [0.1, 0.15) is 23.1 Å². The summed E-state index contributed by atoms with van der Waals surface area (Å²) in [5, 5.41) is 12.3. The lowest BCUT2D eigenvalue weighted by Gasteiger charge is -2.23. The summed E-state index contributed by atoms with van der Waals surface area (Å²) in [5.41, 5.74) is 8.63. The topological polar surface area (TPSA) is 66.0 Å². The van der Waals surface area contributed by atoms with Gasteiger partial charge in [0.15, 0.2) is 0 Å². The number of rotatable bonds is 2. The minimum absolute atomic E-state index is 0.0890. The van der Waals surface area contributed by atoms with Gasteiger partial charge in [0.05, 0.1) is 18.8 Å². The molecule has 6 heteroatoms. The zero-order valence-electron chi connectivity index (χ0n) is 8.67. The highest BCUT2D eigenvalue weighted by atomic mass is 32.1. The van der Waals surface area contributed by atoms with Crippen molar-refractivity contribution in [2.24, 2.45) is 5.73 Å². The fourth-order valence-electron chi connectivity index (χ4n) is 1.88. The summed E-state index contributed by atoms with van der Waals surface area (Å²) < 4.78 is 7.70. The standard InChI is InChI=1S/C10H12N4OS/c11-3-8-9-5-15-10(4-14(9)13-12-8)7-1-2-16-6-7/h1-2,6,10H,3-5,11H2/t10-/m0/s1. The molecule has 2 aromatic heterocycles. The molecule has 0 aliphatic carbocycles. The van der Waals surface area contributed by atoms with E-state index in [1.807, 2.05) is 4.68 Å². The molecule has 0 saturated heterocycles. The molecule has 1 aliphatic heterocycles. The Bertz CT molecular complexity index is 479. The minimum atomic E-state index is 0.0890. The fraction of sp³-hybridized carbons (Fsp3) is 0.400. The van der Waals surface area contributed by atoms with Crippen LogP contribution in [0.2, 0.25) is 0 Å². The Morgan fingerprint density at radius 2 is 2.56 bits per heavy atom. The molecule has 0 unspecified atom stereocenters. The highest BCUT2D eigenvalue weighted by molar-refractivity contribution is 7.07. The molecule has 2 aromatic rings. The average Bonchev–Trinajstić information content (AvgIpc) is 2.97. The van der Waals surface area contributed by atoms with Gasteiger partial charge in [0, 0.05) is 6.54 Å². The second-order valence-electron chi connectivity index (χ2n) is 3.73. The predicted octanol–water partition coefficient (Wildman–Crippen LogP) is 1.07. The summed E-state index contributed by atoms with van der Waals surface area (Å²) in [5.74, 6) is 0. The van der Waals surface area contributed by atoms with Gasteiger partial charge in [-0.1, -0.05) is 5.21 Å². The van der Waals surface area contributed by atoms with Crippen LogP contribution >= 0.6 is 11.3 Å². The van der Waals surface area contributed by atoms with E-state index in [2.05, 4.69) is 27.1 Å². The maximum Gasteiger partial charge on any atom is 0.103 e. The van der Waals surface area contributed by atoms with Gasteiger partial charge < -0.3 is 10.5 Å².